The summed E-state index contributed by atoms with van der Waals surface area (Å²) in [6.07, 6.45) is 1.66. The van der Waals surface area contributed by atoms with Gasteiger partial charge in [-0.3, -0.25) is 4.79 Å². The fraction of sp³-hybridized carbons (Fsp3) is 0.125. The van der Waals surface area contributed by atoms with E-state index in [1.54, 1.807) is 25.3 Å². The Morgan fingerprint density at radius 3 is 2.68 bits per heavy atom. The maximum atomic E-state index is 13.4. The van der Waals surface area contributed by atoms with Crippen LogP contribution in [0, 0.1) is 5.82 Å². The molecule has 5 rings (SSSR count). The molecule has 0 aliphatic rings. The van der Waals surface area contributed by atoms with Crippen molar-refractivity contribution in [3.05, 3.63) is 98.3 Å². The summed E-state index contributed by atoms with van der Waals surface area (Å²) in [5.74, 6) is 0.992. The first-order chi connectivity index (χ1) is 15.0. The van der Waals surface area contributed by atoms with E-state index in [-0.39, 0.29) is 17.3 Å². The minimum atomic E-state index is -0.342. The molecule has 0 aliphatic carbocycles. The van der Waals surface area contributed by atoms with Crippen molar-refractivity contribution >= 4 is 33.1 Å². The van der Waals surface area contributed by atoms with Crippen LogP contribution in [0.25, 0.3) is 21.8 Å². The molecule has 7 heteroatoms. The molecule has 5 aromatic rings. The first-order valence-corrected chi connectivity index (χ1v) is 10.6. The molecular weight excluding hydrogens is 413 g/mol. The summed E-state index contributed by atoms with van der Waals surface area (Å²) >= 11 is 1.25. The molecule has 3 aromatic carbocycles. The van der Waals surface area contributed by atoms with Crippen molar-refractivity contribution in [2.45, 2.75) is 12.8 Å². The lowest BCUT2D eigenvalue weighted by molar-refractivity contribution is 0.415. The van der Waals surface area contributed by atoms with Crippen molar-refractivity contribution in [1.82, 2.24) is 14.6 Å². The van der Waals surface area contributed by atoms with Gasteiger partial charge in [-0.1, -0.05) is 54.7 Å². The lowest BCUT2D eigenvalue weighted by Crippen LogP contribution is -2.24. The van der Waals surface area contributed by atoms with Gasteiger partial charge in [0, 0.05) is 5.92 Å². The van der Waals surface area contributed by atoms with Gasteiger partial charge in [0.2, 0.25) is 4.96 Å². The zero-order valence-electron chi connectivity index (χ0n) is 16.9. The van der Waals surface area contributed by atoms with Crippen molar-refractivity contribution in [2.24, 2.45) is 0 Å². The van der Waals surface area contributed by atoms with Gasteiger partial charge in [-0.05, 0) is 52.2 Å². The second-order valence-corrected chi connectivity index (χ2v) is 8.34. The van der Waals surface area contributed by atoms with Crippen LogP contribution in [-0.4, -0.2) is 21.7 Å². The molecule has 0 radical (unpaired) electrons. The van der Waals surface area contributed by atoms with Crippen molar-refractivity contribution in [3.63, 3.8) is 0 Å². The van der Waals surface area contributed by atoms with Gasteiger partial charge in [0.25, 0.3) is 5.56 Å². The molecule has 154 valence electrons. The minimum absolute atomic E-state index is 0.0753. The highest BCUT2D eigenvalue weighted by Gasteiger charge is 2.17. The largest absolute Gasteiger partial charge is 0.497 e. The zero-order chi connectivity index (χ0) is 21.5. The van der Waals surface area contributed by atoms with Crippen LogP contribution in [0.5, 0.6) is 5.75 Å². The molecule has 0 saturated carbocycles. The number of hydrogen-bond acceptors (Lipinski definition) is 5. The molecular formula is C24H18FN3O2S. The van der Waals surface area contributed by atoms with Gasteiger partial charge in [0.1, 0.15) is 11.6 Å². The van der Waals surface area contributed by atoms with Gasteiger partial charge in [-0.25, -0.2) is 9.37 Å². The normalized spacial score (nSPS) is 13.2. The predicted molar refractivity (Wildman–Crippen MR) is 120 cm³/mol. The topological polar surface area (TPSA) is 56.5 Å². The monoisotopic (exact) mass is 431 g/mol. The van der Waals surface area contributed by atoms with E-state index in [4.69, 9.17) is 4.74 Å². The van der Waals surface area contributed by atoms with E-state index in [0.29, 0.717) is 20.9 Å². The van der Waals surface area contributed by atoms with E-state index in [0.717, 1.165) is 22.1 Å². The minimum Gasteiger partial charge on any atom is -0.497 e. The quantitative estimate of drug-likeness (QED) is 0.429. The second-order valence-electron chi connectivity index (χ2n) is 7.33. The predicted octanol–water partition coefficient (Wildman–Crippen LogP) is 4.15. The number of benzene rings is 3. The lowest BCUT2D eigenvalue weighted by atomic mass is 9.97. The summed E-state index contributed by atoms with van der Waals surface area (Å²) in [6, 6.07) is 18.3. The third-order valence-corrected chi connectivity index (χ3v) is 6.26. The summed E-state index contributed by atoms with van der Waals surface area (Å²) in [5.41, 5.74) is 1.44. The van der Waals surface area contributed by atoms with Crippen LogP contribution in [0.3, 0.4) is 0 Å². The van der Waals surface area contributed by atoms with Crippen LogP contribution >= 0.6 is 11.3 Å². The van der Waals surface area contributed by atoms with E-state index in [1.165, 1.54) is 28.0 Å². The number of hydrogen-bond donors (Lipinski definition) is 0. The average molecular weight is 431 g/mol. The molecule has 2 heterocycles. The van der Waals surface area contributed by atoms with Gasteiger partial charge in [0.15, 0.2) is 5.82 Å². The highest BCUT2D eigenvalue weighted by atomic mass is 32.1. The Kier molecular flexibility index (Phi) is 4.75. The third kappa shape index (κ3) is 3.57. The van der Waals surface area contributed by atoms with Gasteiger partial charge in [-0.15, -0.1) is 5.10 Å². The number of thiazole rings is 1. The maximum absolute atomic E-state index is 13.4. The highest BCUT2D eigenvalue weighted by molar-refractivity contribution is 7.15. The van der Waals surface area contributed by atoms with Gasteiger partial charge in [-0.2, -0.15) is 4.52 Å². The smallest absolute Gasteiger partial charge is 0.291 e. The molecule has 0 unspecified atom stereocenters. The Hall–Kier alpha value is -3.58. The number of methoxy groups -OCH3 is 1. The number of halogens is 1. The Morgan fingerprint density at radius 1 is 1.10 bits per heavy atom. The van der Waals surface area contributed by atoms with Crippen molar-refractivity contribution in [1.29, 1.82) is 0 Å². The average Bonchev–Trinajstić information content (AvgIpc) is 3.32. The maximum Gasteiger partial charge on any atom is 0.291 e. The molecule has 31 heavy (non-hydrogen) atoms. The Bertz CT molecular complexity index is 1540. The van der Waals surface area contributed by atoms with E-state index >= 15 is 0 Å². The van der Waals surface area contributed by atoms with Crippen LogP contribution < -0.4 is 14.8 Å². The SMILES string of the molecule is COc1ccc2cc([C@H](C)c3nc4s/c(=C\c5cccc(F)c5)c(=O)n4n3)ccc2c1. The van der Waals surface area contributed by atoms with Crippen LogP contribution in [0.2, 0.25) is 0 Å². The standard InChI is InChI=1S/C24H18FN3O2S/c1-14(16-6-7-18-13-20(30-2)9-8-17(18)12-16)22-26-24-28(27-22)23(29)21(31-24)11-15-4-3-5-19(25)10-15/h3-14H,1-2H3/b21-11-/t14-/m0/s1. The van der Waals surface area contributed by atoms with Crippen LogP contribution in [0.15, 0.2) is 65.5 Å². The number of fused-ring (bicyclic) bond motifs is 2. The Morgan fingerprint density at radius 2 is 1.90 bits per heavy atom. The van der Waals surface area contributed by atoms with Gasteiger partial charge < -0.3 is 4.74 Å². The summed E-state index contributed by atoms with van der Waals surface area (Å²) in [5, 5.41) is 6.66. The molecule has 0 bridgehead atoms. The molecule has 2 aromatic heterocycles. The van der Waals surface area contributed by atoms with E-state index in [1.807, 2.05) is 37.3 Å². The fourth-order valence-corrected chi connectivity index (χ4v) is 4.48. The second kappa shape index (κ2) is 7.59. The highest BCUT2D eigenvalue weighted by Crippen LogP contribution is 2.27. The molecule has 0 saturated heterocycles. The van der Waals surface area contributed by atoms with Crippen molar-refractivity contribution in [3.8, 4) is 5.75 Å². The zero-order valence-corrected chi connectivity index (χ0v) is 17.7. The number of aromatic nitrogens is 3. The first kappa shape index (κ1) is 19.4. The Labute approximate surface area is 181 Å². The van der Waals surface area contributed by atoms with Crippen LogP contribution in [0.4, 0.5) is 4.39 Å². The summed E-state index contributed by atoms with van der Waals surface area (Å²) in [4.78, 5) is 17.9. The van der Waals surface area contributed by atoms with E-state index < -0.39 is 0 Å². The van der Waals surface area contributed by atoms with Crippen molar-refractivity contribution < 1.29 is 9.13 Å². The van der Waals surface area contributed by atoms with Gasteiger partial charge >= 0.3 is 0 Å². The summed E-state index contributed by atoms with van der Waals surface area (Å²) in [6.45, 7) is 2.02. The fourth-order valence-electron chi connectivity index (χ4n) is 3.57. The molecule has 0 spiro atoms. The number of ether oxygens (including phenoxy) is 1. The van der Waals surface area contributed by atoms with Gasteiger partial charge in [0.05, 0.1) is 11.6 Å². The van der Waals surface area contributed by atoms with Crippen LogP contribution in [0.1, 0.15) is 29.8 Å². The van der Waals surface area contributed by atoms with Crippen molar-refractivity contribution in [2.75, 3.05) is 7.11 Å². The first-order valence-electron chi connectivity index (χ1n) is 9.76. The molecule has 0 N–H and O–H groups in total. The summed E-state index contributed by atoms with van der Waals surface area (Å²) in [7, 11) is 1.65. The molecule has 5 nitrogen and oxygen atoms in total. The van der Waals surface area contributed by atoms with E-state index in [9.17, 15) is 9.18 Å². The Balaban J connectivity index is 1.51. The van der Waals surface area contributed by atoms with Crippen LogP contribution in [-0.2, 0) is 0 Å². The molecule has 0 fully saturated rings. The summed E-state index contributed by atoms with van der Waals surface area (Å²) < 4.78 is 20.5. The third-order valence-electron chi connectivity index (χ3n) is 5.30. The molecule has 0 aliphatic heterocycles. The molecule has 1 atom stereocenters. The number of rotatable bonds is 4. The molecule has 0 amide bonds. The lowest BCUT2D eigenvalue weighted by Gasteiger charge is -2.10. The van der Waals surface area contributed by atoms with E-state index in [2.05, 4.69) is 16.1 Å². The number of nitrogens with zero attached hydrogens (tertiary/aromatic N) is 3.